The van der Waals surface area contributed by atoms with Crippen molar-refractivity contribution in [2.75, 3.05) is 19.8 Å². The SMILES string of the molecule is CC/C=C/CC/C=C/CC/C=C/C(O)C(COC1OC(CO)C(O)C(O)C1O)NC(=O)CCCCCCCCCCCCCCCC/C=C\C/C=C\CCOC(=O)CCCCCCC/C=C\CCCCCCCC. The van der Waals surface area contributed by atoms with Crippen LogP contribution >= 0.6 is 0 Å². The lowest BCUT2D eigenvalue weighted by Crippen LogP contribution is -2.60. The predicted molar refractivity (Wildman–Crippen MR) is 306 cm³/mol. The highest BCUT2D eigenvalue weighted by Gasteiger charge is 2.44. The number of allylic oxidation sites excluding steroid dienone is 10. The molecule has 0 radical (unpaired) electrons. The molecular weight excluding hydrogens is 931 g/mol. The molecule has 11 nitrogen and oxygen atoms in total. The first-order chi connectivity index (χ1) is 36.2. The smallest absolute Gasteiger partial charge is 0.305 e. The molecule has 7 atom stereocenters. The standard InChI is InChI=1S/C63H111NO10/c1-3-5-7-9-11-13-15-16-24-28-31-35-39-43-47-51-59(68)72-52-48-44-40-36-32-29-26-23-21-19-17-18-20-22-25-27-30-34-38-42-46-50-58(67)64-55(54-73-63-62(71)61(70)60(69)57(53-65)74-63)56(66)49-45-41-37-33-14-12-10-8-6-4-2/h6,8,14,16,24,29,32-33,40,44-45,49,55-57,60-63,65-66,69-71H,3-5,7,9-13,15,17-23,25-28,30-31,34-39,41-43,46-48,50-54H2,1-2H3,(H,64,67)/b8-6+,24-16-,32-29-,33-14+,44-40-,49-45+. The minimum absolute atomic E-state index is 0.0582. The number of carbonyl (C=O) groups is 2. The van der Waals surface area contributed by atoms with Gasteiger partial charge in [-0.25, -0.2) is 0 Å². The number of rotatable bonds is 51. The molecule has 1 aliphatic heterocycles. The third-order valence-electron chi connectivity index (χ3n) is 13.8. The number of aliphatic hydroxyl groups excluding tert-OH is 5. The third kappa shape index (κ3) is 41.3. The summed E-state index contributed by atoms with van der Waals surface area (Å²) in [5.41, 5.74) is 0. The summed E-state index contributed by atoms with van der Waals surface area (Å²) in [4.78, 5) is 25.0. The third-order valence-corrected chi connectivity index (χ3v) is 13.8. The lowest BCUT2D eigenvalue weighted by molar-refractivity contribution is -0.302. The molecule has 0 aromatic carbocycles. The van der Waals surface area contributed by atoms with Crippen LogP contribution in [0.25, 0.3) is 0 Å². The Hall–Kier alpha value is -2.90. The van der Waals surface area contributed by atoms with Gasteiger partial charge in [-0.1, -0.05) is 215 Å². The van der Waals surface area contributed by atoms with Crippen molar-refractivity contribution in [2.45, 2.75) is 294 Å². The minimum Gasteiger partial charge on any atom is -0.465 e. The Morgan fingerprint density at radius 3 is 1.49 bits per heavy atom. The van der Waals surface area contributed by atoms with E-state index in [0.29, 0.717) is 19.4 Å². The number of ether oxygens (including phenoxy) is 3. The summed E-state index contributed by atoms with van der Waals surface area (Å²) in [7, 11) is 0. The number of hydrogen-bond acceptors (Lipinski definition) is 10. The van der Waals surface area contributed by atoms with Crippen molar-refractivity contribution >= 4 is 11.9 Å². The zero-order valence-electron chi connectivity index (χ0n) is 47.0. The lowest BCUT2D eigenvalue weighted by atomic mass is 9.99. The second-order valence-electron chi connectivity index (χ2n) is 20.6. The average molecular weight is 1040 g/mol. The van der Waals surface area contributed by atoms with Crippen LogP contribution in [0.1, 0.15) is 251 Å². The van der Waals surface area contributed by atoms with E-state index in [1.54, 1.807) is 6.08 Å². The van der Waals surface area contributed by atoms with Crippen molar-refractivity contribution in [3.05, 3.63) is 72.9 Å². The molecule has 1 aliphatic rings. The van der Waals surface area contributed by atoms with Gasteiger partial charge < -0.3 is 45.1 Å². The number of nitrogens with one attached hydrogen (secondary N) is 1. The highest BCUT2D eigenvalue weighted by atomic mass is 16.7. The van der Waals surface area contributed by atoms with Crippen LogP contribution in [0.4, 0.5) is 0 Å². The van der Waals surface area contributed by atoms with Gasteiger partial charge in [0.1, 0.15) is 24.4 Å². The van der Waals surface area contributed by atoms with Crippen molar-refractivity contribution in [1.82, 2.24) is 5.32 Å². The van der Waals surface area contributed by atoms with E-state index in [9.17, 15) is 35.1 Å². The van der Waals surface area contributed by atoms with Crippen LogP contribution < -0.4 is 5.32 Å². The summed E-state index contributed by atoms with van der Waals surface area (Å²) >= 11 is 0. The van der Waals surface area contributed by atoms with Crippen molar-refractivity contribution in [3.63, 3.8) is 0 Å². The molecule has 1 heterocycles. The fraction of sp³-hybridized carbons (Fsp3) is 0.778. The quantitative estimate of drug-likeness (QED) is 0.0195. The lowest BCUT2D eigenvalue weighted by Gasteiger charge is -2.40. The van der Waals surface area contributed by atoms with E-state index in [1.165, 1.54) is 135 Å². The van der Waals surface area contributed by atoms with E-state index in [1.807, 2.05) is 6.08 Å². The van der Waals surface area contributed by atoms with Crippen LogP contribution in [0.3, 0.4) is 0 Å². The second-order valence-corrected chi connectivity index (χ2v) is 20.6. The predicted octanol–water partition coefficient (Wildman–Crippen LogP) is 14.0. The molecule has 0 saturated carbocycles. The molecule has 0 bridgehead atoms. The van der Waals surface area contributed by atoms with Gasteiger partial charge in [0.15, 0.2) is 6.29 Å². The van der Waals surface area contributed by atoms with Gasteiger partial charge in [-0.15, -0.1) is 0 Å². The molecule has 1 rings (SSSR count). The van der Waals surface area contributed by atoms with Gasteiger partial charge >= 0.3 is 5.97 Å². The Morgan fingerprint density at radius 2 is 0.959 bits per heavy atom. The van der Waals surface area contributed by atoms with E-state index in [2.05, 4.69) is 79.9 Å². The fourth-order valence-electron chi connectivity index (χ4n) is 9.01. The largest absolute Gasteiger partial charge is 0.465 e. The molecule has 0 spiro atoms. The summed E-state index contributed by atoms with van der Waals surface area (Å²) in [6.45, 7) is 4.07. The maximum absolute atomic E-state index is 13.0. The maximum atomic E-state index is 13.0. The number of hydrogen-bond donors (Lipinski definition) is 6. The van der Waals surface area contributed by atoms with Gasteiger partial charge in [0.05, 0.1) is 32.0 Å². The summed E-state index contributed by atoms with van der Waals surface area (Å²) in [6, 6.07) is -0.839. The Kier molecular flexibility index (Phi) is 48.7. The molecule has 428 valence electrons. The van der Waals surface area contributed by atoms with Crippen LogP contribution in [-0.2, 0) is 23.8 Å². The zero-order valence-corrected chi connectivity index (χ0v) is 47.0. The van der Waals surface area contributed by atoms with Gasteiger partial charge in [0.25, 0.3) is 0 Å². The molecule has 0 aliphatic carbocycles. The number of carbonyl (C=O) groups excluding carboxylic acids is 2. The molecule has 6 N–H and O–H groups in total. The van der Waals surface area contributed by atoms with Crippen LogP contribution in [0.2, 0.25) is 0 Å². The van der Waals surface area contributed by atoms with Gasteiger partial charge in [0.2, 0.25) is 5.91 Å². The highest BCUT2D eigenvalue weighted by Crippen LogP contribution is 2.23. The van der Waals surface area contributed by atoms with E-state index < -0.39 is 49.5 Å². The number of aliphatic hydroxyl groups is 5. The number of esters is 1. The topological polar surface area (TPSA) is 175 Å². The first kappa shape index (κ1) is 69.1. The van der Waals surface area contributed by atoms with Gasteiger partial charge in [-0.05, 0) is 96.3 Å². The Balaban J connectivity index is 2.05. The Morgan fingerprint density at radius 1 is 0.514 bits per heavy atom. The number of amides is 1. The Bertz CT molecular complexity index is 1460. The van der Waals surface area contributed by atoms with Gasteiger partial charge in [-0.3, -0.25) is 9.59 Å². The summed E-state index contributed by atoms with van der Waals surface area (Å²) in [6.07, 6.45) is 58.9. The highest BCUT2D eigenvalue weighted by molar-refractivity contribution is 5.76. The molecule has 1 amide bonds. The molecule has 1 saturated heterocycles. The van der Waals surface area contributed by atoms with Crippen LogP contribution in [0.5, 0.6) is 0 Å². The van der Waals surface area contributed by atoms with Crippen molar-refractivity contribution < 1.29 is 49.3 Å². The summed E-state index contributed by atoms with van der Waals surface area (Å²) in [5, 5.41) is 54.2. The van der Waals surface area contributed by atoms with Crippen LogP contribution in [-0.4, -0.2) is 100 Å². The number of unbranched alkanes of at least 4 members (excludes halogenated alkanes) is 27. The molecule has 11 heteroatoms. The molecule has 74 heavy (non-hydrogen) atoms. The zero-order chi connectivity index (χ0) is 53.8. The van der Waals surface area contributed by atoms with Crippen molar-refractivity contribution in [3.8, 4) is 0 Å². The van der Waals surface area contributed by atoms with Gasteiger partial charge in [-0.2, -0.15) is 0 Å². The van der Waals surface area contributed by atoms with Crippen LogP contribution in [0, 0.1) is 0 Å². The first-order valence-corrected chi connectivity index (χ1v) is 30.2. The van der Waals surface area contributed by atoms with Gasteiger partial charge in [0, 0.05) is 12.8 Å². The molecule has 7 unspecified atom stereocenters. The normalized spacial score (nSPS) is 19.4. The summed E-state index contributed by atoms with van der Waals surface area (Å²) in [5.74, 6) is -0.263. The molecule has 0 aromatic heterocycles. The average Bonchev–Trinajstić information content (AvgIpc) is 3.40. The minimum atomic E-state index is -1.58. The summed E-state index contributed by atoms with van der Waals surface area (Å²) < 4.78 is 16.6. The monoisotopic (exact) mass is 1040 g/mol. The van der Waals surface area contributed by atoms with E-state index in [0.717, 1.165) is 89.9 Å². The molecular formula is C63H111NO10. The second kappa shape index (κ2) is 52.2. The van der Waals surface area contributed by atoms with Crippen molar-refractivity contribution in [2.24, 2.45) is 0 Å². The fourth-order valence-corrected chi connectivity index (χ4v) is 9.01. The van der Waals surface area contributed by atoms with Crippen LogP contribution in [0.15, 0.2) is 72.9 Å². The Labute approximate surface area is 451 Å². The van der Waals surface area contributed by atoms with Crippen molar-refractivity contribution in [1.29, 1.82) is 0 Å². The first-order valence-electron chi connectivity index (χ1n) is 30.2. The molecule has 0 aromatic rings. The van der Waals surface area contributed by atoms with E-state index in [-0.39, 0.29) is 18.5 Å². The van der Waals surface area contributed by atoms with E-state index >= 15 is 0 Å². The van der Waals surface area contributed by atoms with E-state index in [4.69, 9.17) is 14.2 Å². The molecule has 1 fully saturated rings. The maximum Gasteiger partial charge on any atom is 0.305 e.